The molecule has 0 aromatic carbocycles. The molecule has 1 aliphatic rings. The summed E-state index contributed by atoms with van der Waals surface area (Å²) in [5, 5.41) is 0. The van der Waals surface area contributed by atoms with Gasteiger partial charge in [-0.1, -0.05) is 26.7 Å². The van der Waals surface area contributed by atoms with Gasteiger partial charge in [-0.05, 0) is 38.1 Å². The van der Waals surface area contributed by atoms with Gasteiger partial charge in [-0.3, -0.25) is 0 Å². The van der Waals surface area contributed by atoms with Crippen molar-refractivity contribution < 1.29 is 0 Å². The quantitative estimate of drug-likeness (QED) is 0.733. The molecule has 15 heavy (non-hydrogen) atoms. The molecule has 0 aromatic heterocycles. The summed E-state index contributed by atoms with van der Waals surface area (Å²) in [6, 6.07) is 0.589. The summed E-state index contributed by atoms with van der Waals surface area (Å²) in [4.78, 5) is 2.50. The minimum absolute atomic E-state index is 0.589. The first kappa shape index (κ1) is 13.0. The van der Waals surface area contributed by atoms with Crippen LogP contribution in [0.2, 0.25) is 0 Å². The molecule has 0 aromatic rings. The fourth-order valence-corrected chi connectivity index (χ4v) is 2.75. The first-order chi connectivity index (χ1) is 7.13. The molecule has 0 radical (unpaired) electrons. The number of hydrogen-bond acceptors (Lipinski definition) is 2. The number of hydrogen-bond donors (Lipinski definition) is 1. The van der Waals surface area contributed by atoms with Crippen LogP contribution in [0.25, 0.3) is 0 Å². The van der Waals surface area contributed by atoms with Gasteiger partial charge < -0.3 is 10.6 Å². The third-order valence-corrected chi connectivity index (χ3v) is 3.66. The minimum Gasteiger partial charge on any atom is -0.329 e. The highest BCUT2D eigenvalue weighted by molar-refractivity contribution is 4.76. The van der Waals surface area contributed by atoms with Crippen molar-refractivity contribution >= 4 is 0 Å². The molecule has 0 amide bonds. The largest absolute Gasteiger partial charge is 0.329 e. The molecule has 1 unspecified atom stereocenters. The third-order valence-electron chi connectivity index (χ3n) is 3.66. The summed E-state index contributed by atoms with van der Waals surface area (Å²) in [5.74, 6) is 1.70. The van der Waals surface area contributed by atoms with E-state index in [0.717, 1.165) is 18.4 Å². The van der Waals surface area contributed by atoms with E-state index in [1.165, 1.54) is 38.6 Å². The molecule has 1 rings (SSSR count). The van der Waals surface area contributed by atoms with Gasteiger partial charge in [0.05, 0.1) is 0 Å². The van der Waals surface area contributed by atoms with Gasteiger partial charge in [0.15, 0.2) is 0 Å². The molecule has 0 bridgehead atoms. The van der Waals surface area contributed by atoms with E-state index in [4.69, 9.17) is 5.73 Å². The van der Waals surface area contributed by atoms with E-state index in [0.29, 0.717) is 6.04 Å². The fourth-order valence-electron chi connectivity index (χ4n) is 2.75. The van der Waals surface area contributed by atoms with Crippen LogP contribution in [-0.2, 0) is 0 Å². The van der Waals surface area contributed by atoms with E-state index < -0.39 is 0 Å². The van der Waals surface area contributed by atoms with Crippen molar-refractivity contribution in [2.75, 3.05) is 20.1 Å². The van der Waals surface area contributed by atoms with Crippen molar-refractivity contribution in [2.45, 2.75) is 52.0 Å². The maximum absolute atomic E-state index is 5.85. The molecular formula is C13H28N2. The van der Waals surface area contributed by atoms with Gasteiger partial charge in [-0.25, -0.2) is 0 Å². The van der Waals surface area contributed by atoms with Crippen LogP contribution in [0.15, 0.2) is 0 Å². The van der Waals surface area contributed by atoms with Gasteiger partial charge in [-0.2, -0.15) is 0 Å². The second-order valence-electron chi connectivity index (χ2n) is 5.61. The smallest absolute Gasteiger partial charge is 0.0217 e. The van der Waals surface area contributed by atoms with E-state index in [-0.39, 0.29) is 0 Å². The molecule has 0 spiro atoms. The zero-order valence-corrected chi connectivity index (χ0v) is 10.7. The Hall–Kier alpha value is -0.0800. The Morgan fingerprint density at radius 1 is 1.27 bits per heavy atom. The van der Waals surface area contributed by atoms with Crippen LogP contribution in [0.4, 0.5) is 0 Å². The Balaban J connectivity index is 2.31. The fraction of sp³-hybridized carbons (Fsp3) is 1.00. The van der Waals surface area contributed by atoms with Gasteiger partial charge in [0, 0.05) is 19.1 Å². The first-order valence-corrected chi connectivity index (χ1v) is 6.53. The Morgan fingerprint density at radius 2 is 1.87 bits per heavy atom. The summed E-state index contributed by atoms with van der Waals surface area (Å²) in [7, 11) is 2.25. The predicted molar refractivity (Wildman–Crippen MR) is 66.9 cm³/mol. The maximum atomic E-state index is 5.85. The summed E-state index contributed by atoms with van der Waals surface area (Å²) in [5.41, 5.74) is 5.85. The SMILES string of the molecule is CC(C)CC(CN)N(C)CC1CCCC1. The summed E-state index contributed by atoms with van der Waals surface area (Å²) in [6.45, 7) is 6.63. The van der Waals surface area contributed by atoms with Crippen LogP contribution < -0.4 is 5.73 Å². The number of likely N-dealkylation sites (N-methyl/N-ethyl adjacent to an activating group) is 1. The number of rotatable bonds is 6. The molecule has 1 atom stereocenters. The predicted octanol–water partition coefficient (Wildman–Crippen LogP) is 2.48. The second-order valence-corrected chi connectivity index (χ2v) is 5.61. The van der Waals surface area contributed by atoms with Gasteiger partial charge in [0.2, 0.25) is 0 Å². The van der Waals surface area contributed by atoms with Gasteiger partial charge >= 0.3 is 0 Å². The zero-order chi connectivity index (χ0) is 11.3. The lowest BCUT2D eigenvalue weighted by Gasteiger charge is -2.30. The normalized spacial score (nSPS) is 20.4. The van der Waals surface area contributed by atoms with Crippen LogP contribution in [0.1, 0.15) is 46.0 Å². The van der Waals surface area contributed by atoms with Crippen LogP contribution in [-0.4, -0.2) is 31.1 Å². The maximum Gasteiger partial charge on any atom is 0.0217 e. The Morgan fingerprint density at radius 3 is 2.33 bits per heavy atom. The van der Waals surface area contributed by atoms with Crippen LogP contribution in [0.3, 0.4) is 0 Å². The lowest BCUT2D eigenvalue weighted by atomic mass is 10.0. The van der Waals surface area contributed by atoms with E-state index in [1.807, 2.05) is 0 Å². The van der Waals surface area contributed by atoms with Crippen LogP contribution in [0, 0.1) is 11.8 Å². The van der Waals surface area contributed by atoms with Crippen molar-refractivity contribution in [3.63, 3.8) is 0 Å². The standard InChI is InChI=1S/C13H28N2/c1-11(2)8-13(9-14)15(3)10-12-6-4-5-7-12/h11-13H,4-10,14H2,1-3H3. The Kier molecular flexibility index (Phi) is 5.62. The van der Waals surface area contributed by atoms with Gasteiger partial charge in [0.25, 0.3) is 0 Å². The van der Waals surface area contributed by atoms with Crippen LogP contribution >= 0.6 is 0 Å². The highest BCUT2D eigenvalue weighted by atomic mass is 15.1. The summed E-state index contributed by atoms with van der Waals surface area (Å²) >= 11 is 0. The molecule has 1 aliphatic carbocycles. The summed E-state index contributed by atoms with van der Waals surface area (Å²) < 4.78 is 0. The average molecular weight is 212 g/mol. The van der Waals surface area contributed by atoms with Crippen molar-refractivity contribution in [3.05, 3.63) is 0 Å². The molecular weight excluding hydrogens is 184 g/mol. The highest BCUT2D eigenvalue weighted by Crippen LogP contribution is 2.26. The van der Waals surface area contributed by atoms with Crippen molar-refractivity contribution in [1.29, 1.82) is 0 Å². The van der Waals surface area contributed by atoms with Crippen molar-refractivity contribution in [2.24, 2.45) is 17.6 Å². The van der Waals surface area contributed by atoms with Crippen LogP contribution in [0.5, 0.6) is 0 Å². The molecule has 2 nitrogen and oxygen atoms in total. The zero-order valence-electron chi connectivity index (χ0n) is 10.7. The van der Waals surface area contributed by atoms with Gasteiger partial charge in [-0.15, -0.1) is 0 Å². The van der Waals surface area contributed by atoms with Gasteiger partial charge in [0.1, 0.15) is 0 Å². The van der Waals surface area contributed by atoms with E-state index >= 15 is 0 Å². The lowest BCUT2D eigenvalue weighted by molar-refractivity contribution is 0.188. The monoisotopic (exact) mass is 212 g/mol. The first-order valence-electron chi connectivity index (χ1n) is 6.53. The molecule has 2 N–H and O–H groups in total. The number of nitrogens with zero attached hydrogens (tertiary/aromatic N) is 1. The number of nitrogens with two attached hydrogens (primary N) is 1. The van der Waals surface area contributed by atoms with E-state index in [1.54, 1.807) is 0 Å². The Labute approximate surface area is 95.2 Å². The summed E-state index contributed by atoms with van der Waals surface area (Å²) in [6.07, 6.45) is 6.98. The molecule has 1 saturated carbocycles. The molecule has 0 aliphatic heterocycles. The average Bonchev–Trinajstić information content (AvgIpc) is 2.66. The Bertz CT molecular complexity index is 162. The second kappa shape index (κ2) is 6.49. The highest BCUT2D eigenvalue weighted by Gasteiger charge is 2.21. The molecule has 1 fully saturated rings. The molecule has 0 saturated heterocycles. The van der Waals surface area contributed by atoms with E-state index in [9.17, 15) is 0 Å². The topological polar surface area (TPSA) is 29.3 Å². The van der Waals surface area contributed by atoms with Crippen molar-refractivity contribution in [1.82, 2.24) is 4.90 Å². The minimum atomic E-state index is 0.589. The van der Waals surface area contributed by atoms with E-state index in [2.05, 4.69) is 25.8 Å². The molecule has 90 valence electrons. The molecule has 2 heteroatoms. The third kappa shape index (κ3) is 4.52. The lowest BCUT2D eigenvalue weighted by Crippen LogP contribution is -2.41. The van der Waals surface area contributed by atoms with Crippen molar-refractivity contribution in [3.8, 4) is 0 Å². The molecule has 0 heterocycles.